The smallest absolute Gasteiger partial charge is 0.335 e. The molecule has 11 nitrogen and oxygen atoms in total. The zero-order valence-corrected chi connectivity index (χ0v) is 33.3. The lowest BCUT2D eigenvalue weighted by atomic mass is 9.99. The molecule has 1 rings (SSSR count). The number of unbranched alkanes of at least 4 members (excludes halogenated alkanes) is 22. The molecule has 1 heterocycles. The van der Waals surface area contributed by atoms with Crippen LogP contribution in [0.2, 0.25) is 0 Å². The number of aliphatic hydroxyl groups is 3. The maximum Gasteiger partial charge on any atom is 0.335 e. The summed E-state index contributed by atoms with van der Waals surface area (Å²) in [4.78, 5) is 36.7. The second kappa shape index (κ2) is 33.3. The van der Waals surface area contributed by atoms with E-state index in [9.17, 15) is 34.8 Å². The topological polar surface area (TPSA) is 169 Å². The molecule has 6 unspecified atom stereocenters. The van der Waals surface area contributed by atoms with E-state index in [0.717, 1.165) is 64.2 Å². The Balaban J connectivity index is 2.37. The average Bonchev–Trinajstić information content (AvgIpc) is 3.14. The highest BCUT2D eigenvalue weighted by molar-refractivity contribution is 5.73. The summed E-state index contributed by atoms with van der Waals surface area (Å²) in [7, 11) is 0. The Morgan fingerprint density at radius 1 is 0.566 bits per heavy atom. The summed E-state index contributed by atoms with van der Waals surface area (Å²) >= 11 is 0. The van der Waals surface area contributed by atoms with E-state index >= 15 is 0 Å². The van der Waals surface area contributed by atoms with Gasteiger partial charge in [-0.25, -0.2) is 4.79 Å². The first kappa shape index (κ1) is 49.0. The highest BCUT2D eigenvalue weighted by Gasteiger charge is 2.47. The Kier molecular flexibility index (Phi) is 30.8. The van der Waals surface area contributed by atoms with Gasteiger partial charge in [-0.3, -0.25) is 9.59 Å². The summed E-state index contributed by atoms with van der Waals surface area (Å²) in [5.74, 6) is -2.45. The molecule has 0 aromatic heterocycles. The van der Waals surface area contributed by atoms with Gasteiger partial charge in [0.1, 0.15) is 24.9 Å². The lowest BCUT2D eigenvalue weighted by Crippen LogP contribution is -2.60. The lowest BCUT2D eigenvalue weighted by Gasteiger charge is -2.38. The maximum absolute atomic E-state index is 12.7. The van der Waals surface area contributed by atoms with Gasteiger partial charge in [0.15, 0.2) is 18.5 Å². The van der Waals surface area contributed by atoms with Gasteiger partial charge in [-0.05, 0) is 32.1 Å². The number of allylic oxidation sites excluding steroid dienone is 2. The van der Waals surface area contributed by atoms with Gasteiger partial charge in [-0.2, -0.15) is 0 Å². The highest BCUT2D eigenvalue weighted by atomic mass is 16.7. The molecule has 0 amide bonds. The SMILES string of the molecule is CCC/C=C\CCCCCCCC(=O)OCC(COC1OC(C(=O)O)C(O)C(O)C1O)OC(=O)CCCCCCCCCCCCCCCCCCC. The van der Waals surface area contributed by atoms with Crippen molar-refractivity contribution in [2.24, 2.45) is 0 Å². The zero-order chi connectivity index (χ0) is 38.9. The van der Waals surface area contributed by atoms with E-state index in [2.05, 4.69) is 26.0 Å². The van der Waals surface area contributed by atoms with Crippen molar-refractivity contribution in [1.82, 2.24) is 0 Å². The molecule has 0 aliphatic carbocycles. The van der Waals surface area contributed by atoms with Crippen LogP contribution < -0.4 is 0 Å². The molecule has 0 radical (unpaired) electrons. The van der Waals surface area contributed by atoms with Gasteiger partial charge in [-0.1, -0.05) is 154 Å². The summed E-state index contributed by atoms with van der Waals surface area (Å²) in [5, 5.41) is 39.7. The van der Waals surface area contributed by atoms with E-state index in [1.54, 1.807) is 0 Å². The van der Waals surface area contributed by atoms with E-state index < -0.39 is 54.7 Å². The molecule has 0 aromatic rings. The van der Waals surface area contributed by atoms with Crippen molar-refractivity contribution >= 4 is 17.9 Å². The highest BCUT2D eigenvalue weighted by Crippen LogP contribution is 2.23. The van der Waals surface area contributed by atoms with E-state index in [1.165, 1.54) is 83.5 Å². The standard InChI is InChI=1S/C42H76O11/c1-3-5-7-9-11-13-15-16-17-18-19-20-21-23-25-27-29-31-36(44)52-34(33-51-42-39(47)37(45)38(46)40(53-42)41(48)49)32-50-35(43)30-28-26-24-22-14-12-10-8-6-4-2/h8,10,34,37-40,42,45-47H,3-7,9,11-33H2,1-2H3,(H,48,49)/b10-8-. The Bertz CT molecular complexity index is 942. The van der Waals surface area contributed by atoms with Crippen LogP contribution in [0.15, 0.2) is 12.2 Å². The summed E-state index contributed by atoms with van der Waals surface area (Å²) in [6.45, 7) is 3.74. The molecule has 1 aliphatic heterocycles. The van der Waals surface area contributed by atoms with Gasteiger partial charge >= 0.3 is 17.9 Å². The third kappa shape index (κ3) is 25.6. The Hall–Kier alpha value is -2.05. The van der Waals surface area contributed by atoms with Crippen molar-refractivity contribution < 1.29 is 53.8 Å². The number of aliphatic carboxylic acids is 1. The summed E-state index contributed by atoms with van der Waals surface area (Å²) in [6, 6.07) is 0. The number of aliphatic hydroxyl groups excluding tert-OH is 3. The number of hydrogen-bond donors (Lipinski definition) is 4. The Morgan fingerprint density at radius 2 is 1.04 bits per heavy atom. The monoisotopic (exact) mass is 757 g/mol. The number of hydrogen-bond acceptors (Lipinski definition) is 10. The molecule has 0 spiro atoms. The van der Waals surface area contributed by atoms with Crippen LogP contribution in [0, 0.1) is 0 Å². The van der Waals surface area contributed by atoms with Gasteiger partial charge in [0, 0.05) is 12.8 Å². The Morgan fingerprint density at radius 3 is 1.55 bits per heavy atom. The molecule has 0 bridgehead atoms. The third-order valence-electron chi connectivity index (χ3n) is 9.85. The van der Waals surface area contributed by atoms with Crippen LogP contribution >= 0.6 is 0 Å². The second-order valence-electron chi connectivity index (χ2n) is 14.8. The van der Waals surface area contributed by atoms with E-state index in [0.29, 0.717) is 12.8 Å². The maximum atomic E-state index is 12.7. The fourth-order valence-electron chi connectivity index (χ4n) is 6.47. The summed E-state index contributed by atoms with van der Waals surface area (Å²) < 4.78 is 21.7. The van der Waals surface area contributed by atoms with Crippen LogP contribution in [0.4, 0.5) is 0 Å². The minimum absolute atomic E-state index is 0.187. The van der Waals surface area contributed by atoms with Gasteiger partial charge in [0.25, 0.3) is 0 Å². The average molecular weight is 757 g/mol. The van der Waals surface area contributed by atoms with Crippen LogP contribution in [-0.2, 0) is 33.3 Å². The number of carbonyl (C=O) groups is 3. The van der Waals surface area contributed by atoms with Crippen LogP contribution in [0.1, 0.15) is 187 Å². The lowest BCUT2D eigenvalue weighted by molar-refractivity contribution is -0.298. The first-order valence-electron chi connectivity index (χ1n) is 21.2. The molecule has 1 fully saturated rings. The molecule has 1 saturated heterocycles. The van der Waals surface area contributed by atoms with Crippen molar-refractivity contribution in [2.45, 2.75) is 224 Å². The number of ether oxygens (including phenoxy) is 4. The fraction of sp³-hybridized carbons (Fsp3) is 0.881. The summed E-state index contributed by atoms with van der Waals surface area (Å²) in [5.41, 5.74) is 0. The van der Waals surface area contributed by atoms with Crippen molar-refractivity contribution in [2.75, 3.05) is 13.2 Å². The van der Waals surface area contributed by atoms with Crippen molar-refractivity contribution in [3.8, 4) is 0 Å². The predicted molar refractivity (Wildman–Crippen MR) is 206 cm³/mol. The predicted octanol–water partition coefficient (Wildman–Crippen LogP) is 8.48. The first-order chi connectivity index (χ1) is 25.7. The number of rotatable bonds is 35. The van der Waals surface area contributed by atoms with E-state index in [1.807, 2.05) is 0 Å². The van der Waals surface area contributed by atoms with Gasteiger partial charge < -0.3 is 39.4 Å². The van der Waals surface area contributed by atoms with Crippen molar-refractivity contribution in [3.05, 3.63) is 12.2 Å². The van der Waals surface area contributed by atoms with E-state index in [4.69, 9.17) is 18.9 Å². The number of carboxylic acids is 1. The number of carboxylic acid groups (broad SMARTS) is 1. The number of esters is 2. The first-order valence-corrected chi connectivity index (χ1v) is 21.2. The molecule has 11 heteroatoms. The van der Waals surface area contributed by atoms with Gasteiger partial charge in [-0.15, -0.1) is 0 Å². The molecular formula is C42H76O11. The van der Waals surface area contributed by atoms with Crippen LogP contribution in [0.5, 0.6) is 0 Å². The molecule has 1 aliphatic rings. The molecule has 4 N–H and O–H groups in total. The van der Waals surface area contributed by atoms with Gasteiger partial charge in [0.05, 0.1) is 6.61 Å². The molecule has 53 heavy (non-hydrogen) atoms. The fourth-order valence-corrected chi connectivity index (χ4v) is 6.47. The molecule has 310 valence electrons. The third-order valence-corrected chi connectivity index (χ3v) is 9.85. The zero-order valence-electron chi connectivity index (χ0n) is 33.3. The van der Waals surface area contributed by atoms with Crippen LogP contribution in [0.25, 0.3) is 0 Å². The molecule has 0 aromatic carbocycles. The van der Waals surface area contributed by atoms with Crippen molar-refractivity contribution in [3.63, 3.8) is 0 Å². The van der Waals surface area contributed by atoms with Crippen molar-refractivity contribution in [1.29, 1.82) is 0 Å². The van der Waals surface area contributed by atoms with Gasteiger partial charge in [0.2, 0.25) is 0 Å². The molecule has 0 saturated carbocycles. The quantitative estimate of drug-likeness (QED) is 0.0278. The molecule has 6 atom stereocenters. The normalized spacial score (nSPS) is 20.8. The Labute approximate surface area is 320 Å². The number of carbonyl (C=O) groups excluding carboxylic acids is 2. The van der Waals surface area contributed by atoms with Crippen LogP contribution in [-0.4, -0.2) is 88.4 Å². The minimum Gasteiger partial charge on any atom is -0.479 e. The van der Waals surface area contributed by atoms with E-state index in [-0.39, 0.29) is 26.1 Å². The van der Waals surface area contributed by atoms with Crippen LogP contribution in [0.3, 0.4) is 0 Å². The summed E-state index contributed by atoms with van der Waals surface area (Å²) in [6.07, 6.45) is 24.2. The second-order valence-corrected chi connectivity index (χ2v) is 14.8. The largest absolute Gasteiger partial charge is 0.479 e. The molecular weight excluding hydrogens is 680 g/mol. The minimum atomic E-state index is -1.86.